The Hall–Kier alpha value is -3.75. The second-order valence-corrected chi connectivity index (χ2v) is 7.15. The normalized spacial score (nSPS) is 11.7. The van der Waals surface area contributed by atoms with Gasteiger partial charge in [0.15, 0.2) is 6.61 Å². The maximum Gasteiger partial charge on any atom is 0.272 e. The standard InChI is InChI=1S/C22H24N4O5/c1-4-16(3)25(13-20-23-22(24-31-20)17-8-6-5-7-9-17)21(27)14-30-18-10-11-19(26(28)29)15(2)12-18/h5-12,16H,4,13-14H2,1-3H3. The quantitative estimate of drug-likeness (QED) is 0.374. The van der Waals surface area contributed by atoms with E-state index in [0.29, 0.717) is 23.0 Å². The lowest BCUT2D eigenvalue weighted by atomic mass is 10.2. The number of carbonyl (C=O) groups is 1. The van der Waals surface area contributed by atoms with E-state index < -0.39 is 4.92 Å². The predicted molar refractivity (Wildman–Crippen MR) is 113 cm³/mol. The van der Waals surface area contributed by atoms with Crippen LogP contribution in [-0.4, -0.2) is 38.5 Å². The van der Waals surface area contributed by atoms with Gasteiger partial charge in [0.05, 0.1) is 4.92 Å². The number of hydrogen-bond acceptors (Lipinski definition) is 7. The lowest BCUT2D eigenvalue weighted by Gasteiger charge is -2.27. The van der Waals surface area contributed by atoms with Crippen molar-refractivity contribution in [3.63, 3.8) is 0 Å². The van der Waals surface area contributed by atoms with E-state index in [1.54, 1.807) is 17.9 Å². The molecule has 1 amide bonds. The molecule has 0 radical (unpaired) electrons. The molecule has 9 nitrogen and oxygen atoms in total. The summed E-state index contributed by atoms with van der Waals surface area (Å²) in [6, 6.07) is 13.8. The number of amides is 1. The lowest BCUT2D eigenvalue weighted by molar-refractivity contribution is -0.385. The average Bonchev–Trinajstić information content (AvgIpc) is 3.24. The molecule has 0 spiro atoms. The van der Waals surface area contributed by atoms with Gasteiger partial charge in [0.2, 0.25) is 11.7 Å². The number of rotatable bonds is 9. The van der Waals surface area contributed by atoms with Gasteiger partial charge in [0.1, 0.15) is 12.3 Å². The highest BCUT2D eigenvalue weighted by molar-refractivity contribution is 5.78. The molecule has 0 fully saturated rings. The maximum absolute atomic E-state index is 12.9. The van der Waals surface area contributed by atoms with Gasteiger partial charge in [0, 0.05) is 23.2 Å². The van der Waals surface area contributed by atoms with E-state index in [2.05, 4.69) is 10.1 Å². The van der Waals surface area contributed by atoms with Gasteiger partial charge in [-0.1, -0.05) is 42.4 Å². The van der Waals surface area contributed by atoms with Crippen molar-refractivity contribution in [3.8, 4) is 17.1 Å². The maximum atomic E-state index is 12.9. The minimum atomic E-state index is -0.455. The van der Waals surface area contributed by atoms with Crippen LogP contribution >= 0.6 is 0 Å². The van der Waals surface area contributed by atoms with Crippen LogP contribution in [0.3, 0.4) is 0 Å². The highest BCUT2D eigenvalue weighted by atomic mass is 16.6. The molecule has 1 aromatic heterocycles. The second kappa shape index (κ2) is 9.84. The molecule has 31 heavy (non-hydrogen) atoms. The van der Waals surface area contributed by atoms with Crippen molar-refractivity contribution >= 4 is 11.6 Å². The van der Waals surface area contributed by atoms with Gasteiger partial charge in [0.25, 0.3) is 11.6 Å². The Balaban J connectivity index is 1.68. The summed E-state index contributed by atoms with van der Waals surface area (Å²) in [5, 5.41) is 14.9. The third-order valence-corrected chi connectivity index (χ3v) is 4.98. The van der Waals surface area contributed by atoms with Crippen molar-refractivity contribution in [2.24, 2.45) is 0 Å². The summed E-state index contributed by atoms with van der Waals surface area (Å²) in [6.45, 7) is 5.49. The van der Waals surface area contributed by atoms with Gasteiger partial charge in [-0.15, -0.1) is 0 Å². The van der Waals surface area contributed by atoms with Crippen LogP contribution < -0.4 is 4.74 Å². The highest BCUT2D eigenvalue weighted by Gasteiger charge is 2.23. The summed E-state index contributed by atoms with van der Waals surface area (Å²) in [6.07, 6.45) is 0.738. The third kappa shape index (κ3) is 5.44. The summed E-state index contributed by atoms with van der Waals surface area (Å²) in [4.78, 5) is 29.4. The topological polar surface area (TPSA) is 112 Å². The van der Waals surface area contributed by atoms with Crippen LogP contribution in [0.15, 0.2) is 53.1 Å². The molecule has 0 saturated carbocycles. The summed E-state index contributed by atoms with van der Waals surface area (Å²) in [5.41, 5.74) is 1.30. The Morgan fingerprint density at radius 3 is 2.65 bits per heavy atom. The molecule has 0 aliphatic heterocycles. The van der Waals surface area contributed by atoms with E-state index >= 15 is 0 Å². The Kier molecular flexibility index (Phi) is 6.96. The highest BCUT2D eigenvalue weighted by Crippen LogP contribution is 2.23. The number of nitro benzene ring substituents is 1. The van der Waals surface area contributed by atoms with Crippen LogP contribution in [-0.2, 0) is 11.3 Å². The van der Waals surface area contributed by atoms with E-state index in [0.717, 1.165) is 12.0 Å². The first-order chi connectivity index (χ1) is 14.9. The van der Waals surface area contributed by atoms with Crippen molar-refractivity contribution in [1.29, 1.82) is 0 Å². The summed E-state index contributed by atoms with van der Waals surface area (Å²) in [7, 11) is 0. The van der Waals surface area contributed by atoms with Crippen LogP contribution in [0, 0.1) is 17.0 Å². The van der Waals surface area contributed by atoms with Crippen LogP contribution in [0.4, 0.5) is 5.69 Å². The van der Waals surface area contributed by atoms with E-state index in [1.165, 1.54) is 12.1 Å². The smallest absolute Gasteiger partial charge is 0.272 e. The van der Waals surface area contributed by atoms with Crippen molar-refractivity contribution in [2.45, 2.75) is 39.8 Å². The summed E-state index contributed by atoms with van der Waals surface area (Å²) < 4.78 is 10.9. The molecule has 0 N–H and O–H groups in total. The largest absolute Gasteiger partial charge is 0.484 e. The zero-order valence-electron chi connectivity index (χ0n) is 17.6. The first kappa shape index (κ1) is 21.9. The van der Waals surface area contributed by atoms with Crippen molar-refractivity contribution in [2.75, 3.05) is 6.61 Å². The first-order valence-corrected chi connectivity index (χ1v) is 9.94. The van der Waals surface area contributed by atoms with Crippen molar-refractivity contribution in [3.05, 3.63) is 70.1 Å². The number of carbonyl (C=O) groups excluding carboxylic acids is 1. The Labute approximate surface area is 179 Å². The van der Waals surface area contributed by atoms with Gasteiger partial charge in [-0.05, 0) is 32.4 Å². The fourth-order valence-corrected chi connectivity index (χ4v) is 3.03. The van der Waals surface area contributed by atoms with Gasteiger partial charge in [-0.25, -0.2) is 0 Å². The Morgan fingerprint density at radius 2 is 2.00 bits per heavy atom. The molecule has 2 aromatic carbocycles. The summed E-state index contributed by atoms with van der Waals surface area (Å²) >= 11 is 0. The Morgan fingerprint density at radius 1 is 1.26 bits per heavy atom. The number of aryl methyl sites for hydroxylation is 1. The molecule has 1 atom stereocenters. The lowest BCUT2D eigenvalue weighted by Crippen LogP contribution is -2.40. The monoisotopic (exact) mass is 424 g/mol. The molecule has 0 bridgehead atoms. The fourth-order valence-electron chi connectivity index (χ4n) is 3.03. The number of nitrogens with zero attached hydrogens (tertiary/aromatic N) is 4. The minimum absolute atomic E-state index is 0.00511. The van der Waals surface area contributed by atoms with Crippen LogP contribution in [0.25, 0.3) is 11.4 Å². The predicted octanol–water partition coefficient (Wildman–Crippen LogP) is 4.16. The van der Waals surface area contributed by atoms with Gasteiger partial charge in [-0.2, -0.15) is 4.98 Å². The van der Waals surface area contributed by atoms with E-state index in [-0.39, 0.29) is 30.8 Å². The first-order valence-electron chi connectivity index (χ1n) is 9.94. The number of ether oxygens (including phenoxy) is 1. The molecule has 9 heteroatoms. The van der Waals surface area contributed by atoms with Crippen molar-refractivity contribution in [1.82, 2.24) is 15.0 Å². The molecule has 162 valence electrons. The molecule has 0 saturated heterocycles. The molecule has 1 unspecified atom stereocenters. The number of nitro groups is 1. The van der Waals surface area contributed by atoms with Gasteiger partial charge < -0.3 is 14.2 Å². The molecule has 0 aliphatic carbocycles. The zero-order chi connectivity index (χ0) is 22.4. The average molecular weight is 424 g/mol. The second-order valence-electron chi connectivity index (χ2n) is 7.15. The van der Waals surface area contributed by atoms with Gasteiger partial charge >= 0.3 is 0 Å². The van der Waals surface area contributed by atoms with Crippen molar-refractivity contribution < 1.29 is 19.0 Å². The van der Waals surface area contributed by atoms with Crippen LogP contribution in [0.1, 0.15) is 31.7 Å². The summed E-state index contributed by atoms with van der Waals surface area (Å²) in [5.74, 6) is 0.943. The number of aromatic nitrogens is 2. The van der Waals surface area contributed by atoms with E-state index in [1.807, 2.05) is 44.2 Å². The molecular weight excluding hydrogens is 400 g/mol. The minimum Gasteiger partial charge on any atom is -0.484 e. The van der Waals surface area contributed by atoms with Gasteiger partial charge in [-0.3, -0.25) is 14.9 Å². The third-order valence-electron chi connectivity index (χ3n) is 4.98. The fraction of sp³-hybridized carbons (Fsp3) is 0.318. The Bertz CT molecular complexity index is 1050. The zero-order valence-corrected chi connectivity index (χ0v) is 17.6. The van der Waals surface area contributed by atoms with Crippen LogP contribution in [0.5, 0.6) is 5.75 Å². The van der Waals surface area contributed by atoms with E-state index in [4.69, 9.17) is 9.26 Å². The van der Waals surface area contributed by atoms with E-state index in [9.17, 15) is 14.9 Å². The molecule has 0 aliphatic rings. The molecular formula is C22H24N4O5. The number of hydrogen-bond donors (Lipinski definition) is 0. The SMILES string of the molecule is CCC(C)N(Cc1nc(-c2ccccc2)no1)C(=O)COc1ccc([N+](=O)[O-])c(C)c1. The number of benzene rings is 2. The molecule has 3 rings (SSSR count). The molecule has 3 aromatic rings. The molecule has 1 heterocycles. The van der Waals surface area contributed by atoms with Crippen LogP contribution in [0.2, 0.25) is 0 Å².